The van der Waals surface area contributed by atoms with E-state index < -0.39 is 0 Å². The average molecular weight is 358 g/mol. The summed E-state index contributed by atoms with van der Waals surface area (Å²) < 4.78 is 1.74. The summed E-state index contributed by atoms with van der Waals surface area (Å²) in [6.07, 6.45) is 5.55. The third kappa shape index (κ3) is 4.23. The lowest BCUT2D eigenvalue weighted by Gasteiger charge is -2.20. The number of unbranched alkanes of at least 4 members (excludes halogenated alkanes) is 1. The quantitative estimate of drug-likeness (QED) is 0.690. The van der Waals surface area contributed by atoms with E-state index in [-0.39, 0.29) is 11.8 Å². The minimum Gasteiger partial charge on any atom is -0.340 e. The van der Waals surface area contributed by atoms with Crippen molar-refractivity contribution in [2.45, 2.75) is 46.5 Å². The average Bonchev–Trinajstić information content (AvgIpc) is 3.04. The first-order valence-electron chi connectivity index (χ1n) is 9.56. The molecule has 2 aromatic rings. The van der Waals surface area contributed by atoms with Gasteiger partial charge in [0.05, 0.1) is 5.52 Å². The number of fused-ring (bicyclic) bond motifs is 1. The van der Waals surface area contributed by atoms with Crippen LogP contribution in [0.1, 0.15) is 67.6 Å². The van der Waals surface area contributed by atoms with Crippen LogP contribution in [-0.2, 0) is 0 Å². The molecular weight excluding hydrogens is 328 g/mol. The Labute approximate surface area is 155 Å². The molecule has 0 saturated heterocycles. The van der Waals surface area contributed by atoms with Crippen molar-refractivity contribution in [3.05, 3.63) is 35.9 Å². The Hall–Kier alpha value is -2.37. The Balaban J connectivity index is 2.43. The van der Waals surface area contributed by atoms with Crippen LogP contribution in [0.25, 0.3) is 5.52 Å². The number of carbonyl (C=O) groups is 2. The molecule has 142 valence electrons. The van der Waals surface area contributed by atoms with Crippen LogP contribution in [0.5, 0.6) is 0 Å². The van der Waals surface area contributed by atoms with Gasteiger partial charge in [0.15, 0.2) is 5.69 Å². The van der Waals surface area contributed by atoms with Crippen molar-refractivity contribution in [3.63, 3.8) is 0 Å². The van der Waals surface area contributed by atoms with Gasteiger partial charge in [0.25, 0.3) is 11.8 Å². The molecule has 2 rings (SSSR count). The number of hydrogen-bond donors (Lipinski definition) is 0. The molecule has 0 radical (unpaired) electrons. The monoisotopic (exact) mass is 358 g/mol. The highest BCUT2D eigenvalue weighted by Gasteiger charge is 2.25. The number of aromatic nitrogens is 2. The minimum absolute atomic E-state index is 0.120. The van der Waals surface area contributed by atoms with Gasteiger partial charge in [-0.3, -0.25) is 14.0 Å². The van der Waals surface area contributed by atoms with E-state index in [4.69, 9.17) is 0 Å². The molecule has 2 amide bonds. The molecular formula is C20H30N4O2. The highest BCUT2D eigenvalue weighted by Crippen LogP contribution is 2.17. The fourth-order valence-corrected chi connectivity index (χ4v) is 3.02. The molecule has 0 aliphatic carbocycles. The number of imidazole rings is 1. The minimum atomic E-state index is -0.140. The van der Waals surface area contributed by atoms with Gasteiger partial charge >= 0.3 is 0 Å². The van der Waals surface area contributed by atoms with E-state index in [1.807, 2.05) is 23.1 Å². The van der Waals surface area contributed by atoms with E-state index in [9.17, 15) is 9.59 Å². The van der Waals surface area contributed by atoms with Crippen LogP contribution in [0.3, 0.4) is 0 Å². The third-order valence-corrected chi connectivity index (χ3v) is 4.41. The summed E-state index contributed by atoms with van der Waals surface area (Å²) in [4.78, 5) is 33.9. The zero-order valence-electron chi connectivity index (χ0n) is 16.4. The molecule has 0 spiro atoms. The van der Waals surface area contributed by atoms with Gasteiger partial charge in [-0.1, -0.05) is 33.3 Å². The molecule has 0 N–H and O–H groups in total. The van der Waals surface area contributed by atoms with E-state index in [0.29, 0.717) is 36.7 Å². The highest BCUT2D eigenvalue weighted by molar-refractivity contribution is 6.02. The van der Waals surface area contributed by atoms with E-state index in [0.717, 1.165) is 25.7 Å². The Morgan fingerprint density at radius 1 is 1.00 bits per heavy atom. The standard InChI is InChI=1S/C20H30N4O2/c1-5-8-14-22(4)19(25)17-16-11-9-10-15-24(16)18(21-17)20(26)23(12-6-2)13-7-3/h9-11,15H,5-8,12-14H2,1-4H3. The van der Waals surface area contributed by atoms with Crippen molar-refractivity contribution in [2.75, 3.05) is 26.7 Å². The van der Waals surface area contributed by atoms with Crippen LogP contribution in [0, 0.1) is 0 Å². The first-order valence-corrected chi connectivity index (χ1v) is 9.56. The SMILES string of the molecule is CCCCN(C)C(=O)c1nc(C(=O)N(CCC)CCC)n2ccccc12. The number of amides is 2. The summed E-state index contributed by atoms with van der Waals surface area (Å²) in [5.41, 5.74) is 1.03. The van der Waals surface area contributed by atoms with Crippen molar-refractivity contribution in [3.8, 4) is 0 Å². The van der Waals surface area contributed by atoms with E-state index >= 15 is 0 Å². The molecule has 0 aromatic carbocycles. The molecule has 26 heavy (non-hydrogen) atoms. The van der Waals surface area contributed by atoms with E-state index in [2.05, 4.69) is 25.8 Å². The summed E-state index contributed by atoms with van der Waals surface area (Å²) in [6, 6.07) is 5.56. The van der Waals surface area contributed by atoms with Gasteiger partial charge in [0, 0.05) is 32.9 Å². The fourth-order valence-electron chi connectivity index (χ4n) is 3.02. The number of rotatable bonds is 9. The first kappa shape index (κ1) is 19.9. The predicted octanol–water partition coefficient (Wildman–Crippen LogP) is 3.47. The summed E-state index contributed by atoms with van der Waals surface area (Å²) in [7, 11) is 1.79. The highest BCUT2D eigenvalue weighted by atomic mass is 16.2. The number of nitrogens with zero attached hydrogens (tertiary/aromatic N) is 4. The molecule has 2 heterocycles. The molecule has 0 bridgehead atoms. The van der Waals surface area contributed by atoms with Crippen LogP contribution in [0.15, 0.2) is 24.4 Å². The van der Waals surface area contributed by atoms with Crippen molar-refractivity contribution in [1.82, 2.24) is 19.2 Å². The second kappa shape index (κ2) is 9.36. The van der Waals surface area contributed by atoms with Crippen molar-refractivity contribution in [1.29, 1.82) is 0 Å². The van der Waals surface area contributed by atoms with Gasteiger partial charge in [0.1, 0.15) is 0 Å². The normalized spacial score (nSPS) is 10.9. The van der Waals surface area contributed by atoms with Gasteiger partial charge in [-0.15, -0.1) is 0 Å². The van der Waals surface area contributed by atoms with Crippen LogP contribution in [0.2, 0.25) is 0 Å². The smallest absolute Gasteiger partial charge is 0.290 e. The van der Waals surface area contributed by atoms with Gasteiger partial charge in [0.2, 0.25) is 5.82 Å². The van der Waals surface area contributed by atoms with Gasteiger partial charge < -0.3 is 9.80 Å². The maximum absolute atomic E-state index is 13.0. The number of carbonyl (C=O) groups excluding carboxylic acids is 2. The summed E-state index contributed by atoms with van der Waals surface area (Å²) >= 11 is 0. The summed E-state index contributed by atoms with van der Waals surface area (Å²) in [5, 5.41) is 0. The molecule has 6 heteroatoms. The van der Waals surface area contributed by atoms with Gasteiger partial charge in [-0.25, -0.2) is 4.98 Å². The largest absolute Gasteiger partial charge is 0.340 e. The lowest BCUT2D eigenvalue weighted by atomic mass is 10.2. The van der Waals surface area contributed by atoms with Crippen LogP contribution >= 0.6 is 0 Å². The molecule has 0 unspecified atom stereocenters. The maximum Gasteiger partial charge on any atom is 0.290 e. The van der Waals surface area contributed by atoms with Crippen LogP contribution in [-0.4, -0.2) is 57.7 Å². The fraction of sp³-hybridized carbons (Fsp3) is 0.550. The van der Waals surface area contributed by atoms with Crippen molar-refractivity contribution < 1.29 is 9.59 Å². The van der Waals surface area contributed by atoms with E-state index in [1.54, 1.807) is 22.5 Å². The summed E-state index contributed by atoms with van der Waals surface area (Å²) in [5.74, 6) is 0.0543. The summed E-state index contributed by atoms with van der Waals surface area (Å²) in [6.45, 7) is 8.26. The Morgan fingerprint density at radius 3 is 2.31 bits per heavy atom. The molecule has 0 atom stereocenters. The predicted molar refractivity (Wildman–Crippen MR) is 104 cm³/mol. The van der Waals surface area contributed by atoms with E-state index in [1.165, 1.54) is 0 Å². The lowest BCUT2D eigenvalue weighted by Crippen LogP contribution is -2.34. The zero-order valence-corrected chi connectivity index (χ0v) is 16.4. The van der Waals surface area contributed by atoms with Gasteiger partial charge in [-0.05, 0) is 31.4 Å². The molecule has 6 nitrogen and oxygen atoms in total. The molecule has 0 saturated carbocycles. The topological polar surface area (TPSA) is 57.9 Å². The lowest BCUT2D eigenvalue weighted by molar-refractivity contribution is 0.0742. The molecule has 2 aromatic heterocycles. The molecule has 0 fully saturated rings. The second-order valence-electron chi connectivity index (χ2n) is 6.61. The van der Waals surface area contributed by atoms with Crippen molar-refractivity contribution >= 4 is 17.3 Å². The zero-order chi connectivity index (χ0) is 19.1. The molecule has 0 aliphatic rings. The third-order valence-electron chi connectivity index (χ3n) is 4.41. The Bertz CT molecular complexity index is 747. The van der Waals surface area contributed by atoms with Crippen LogP contribution < -0.4 is 0 Å². The number of pyridine rings is 1. The Kier molecular flexibility index (Phi) is 7.18. The first-order chi connectivity index (χ1) is 12.5. The van der Waals surface area contributed by atoms with Gasteiger partial charge in [-0.2, -0.15) is 0 Å². The molecule has 0 aliphatic heterocycles. The second-order valence-corrected chi connectivity index (χ2v) is 6.61. The van der Waals surface area contributed by atoms with Crippen LogP contribution in [0.4, 0.5) is 0 Å². The Morgan fingerprint density at radius 2 is 1.69 bits per heavy atom. The maximum atomic E-state index is 13.0. The van der Waals surface area contributed by atoms with Crippen molar-refractivity contribution in [2.24, 2.45) is 0 Å². The number of hydrogen-bond acceptors (Lipinski definition) is 3.